The van der Waals surface area contributed by atoms with E-state index in [0.717, 1.165) is 38.5 Å². The lowest BCUT2D eigenvalue weighted by Gasteiger charge is -2.35. The van der Waals surface area contributed by atoms with Crippen LogP contribution in [0.1, 0.15) is 44.7 Å². The fourth-order valence-corrected chi connectivity index (χ4v) is 3.28. The Morgan fingerprint density at radius 2 is 2.05 bits per heavy atom. The van der Waals surface area contributed by atoms with E-state index in [1.165, 1.54) is 18.4 Å². The van der Waals surface area contributed by atoms with Gasteiger partial charge in [-0.25, -0.2) is 4.39 Å². The SMILES string of the molecule is CCC(c1ccc(F)cc1)N(CC)CC1CCCNC1. The molecule has 2 unspecified atom stereocenters. The third kappa shape index (κ3) is 4.03. The van der Waals surface area contributed by atoms with Crippen molar-refractivity contribution < 1.29 is 4.39 Å². The van der Waals surface area contributed by atoms with Crippen LogP contribution in [0.3, 0.4) is 0 Å². The maximum absolute atomic E-state index is 13.1. The summed E-state index contributed by atoms with van der Waals surface area (Å²) in [6.45, 7) is 8.93. The topological polar surface area (TPSA) is 15.3 Å². The maximum Gasteiger partial charge on any atom is 0.123 e. The molecule has 1 aromatic rings. The second-order valence-corrected chi connectivity index (χ2v) is 5.78. The summed E-state index contributed by atoms with van der Waals surface area (Å²) >= 11 is 0. The van der Waals surface area contributed by atoms with Crippen molar-refractivity contribution in [3.8, 4) is 0 Å². The molecule has 2 nitrogen and oxygen atoms in total. The van der Waals surface area contributed by atoms with Gasteiger partial charge in [-0.1, -0.05) is 26.0 Å². The van der Waals surface area contributed by atoms with Crippen LogP contribution in [0.15, 0.2) is 24.3 Å². The Morgan fingerprint density at radius 3 is 2.60 bits per heavy atom. The second kappa shape index (κ2) is 7.75. The average molecular weight is 278 g/mol. The van der Waals surface area contributed by atoms with Crippen LogP contribution in [0, 0.1) is 11.7 Å². The van der Waals surface area contributed by atoms with Gasteiger partial charge >= 0.3 is 0 Å². The van der Waals surface area contributed by atoms with E-state index in [2.05, 4.69) is 24.1 Å². The quantitative estimate of drug-likeness (QED) is 0.855. The van der Waals surface area contributed by atoms with Crippen LogP contribution in [0.5, 0.6) is 0 Å². The predicted octanol–water partition coefficient (Wildman–Crippen LogP) is 3.60. The summed E-state index contributed by atoms with van der Waals surface area (Å²) in [7, 11) is 0. The second-order valence-electron chi connectivity index (χ2n) is 5.78. The van der Waals surface area contributed by atoms with E-state index in [1.807, 2.05) is 12.1 Å². The molecule has 1 aromatic carbocycles. The van der Waals surface area contributed by atoms with E-state index < -0.39 is 0 Å². The van der Waals surface area contributed by atoms with Crippen molar-refractivity contribution in [3.05, 3.63) is 35.6 Å². The number of nitrogens with zero attached hydrogens (tertiary/aromatic N) is 1. The number of nitrogens with one attached hydrogen (secondary N) is 1. The number of hydrogen-bond acceptors (Lipinski definition) is 2. The minimum atomic E-state index is -0.150. The normalized spacial score (nSPS) is 21.1. The van der Waals surface area contributed by atoms with Gasteiger partial charge in [0.15, 0.2) is 0 Å². The van der Waals surface area contributed by atoms with Crippen molar-refractivity contribution in [3.63, 3.8) is 0 Å². The van der Waals surface area contributed by atoms with Gasteiger partial charge < -0.3 is 5.32 Å². The molecule has 0 spiro atoms. The Hall–Kier alpha value is -0.930. The highest BCUT2D eigenvalue weighted by molar-refractivity contribution is 5.20. The largest absolute Gasteiger partial charge is 0.316 e. The van der Waals surface area contributed by atoms with Gasteiger partial charge in [-0.05, 0) is 62.5 Å². The Morgan fingerprint density at radius 1 is 1.30 bits per heavy atom. The van der Waals surface area contributed by atoms with Crippen LogP contribution < -0.4 is 5.32 Å². The minimum Gasteiger partial charge on any atom is -0.316 e. The van der Waals surface area contributed by atoms with E-state index >= 15 is 0 Å². The molecule has 3 heteroatoms. The fourth-order valence-electron chi connectivity index (χ4n) is 3.28. The fraction of sp³-hybridized carbons (Fsp3) is 0.647. The molecule has 20 heavy (non-hydrogen) atoms. The Bertz CT molecular complexity index is 384. The molecule has 0 aromatic heterocycles. The van der Waals surface area contributed by atoms with Crippen LogP contribution in [0.2, 0.25) is 0 Å². The van der Waals surface area contributed by atoms with Gasteiger partial charge in [0, 0.05) is 12.6 Å². The highest BCUT2D eigenvalue weighted by Crippen LogP contribution is 2.26. The summed E-state index contributed by atoms with van der Waals surface area (Å²) in [5, 5.41) is 3.49. The van der Waals surface area contributed by atoms with Crippen molar-refractivity contribution in [2.45, 2.75) is 39.2 Å². The number of benzene rings is 1. The molecule has 0 aliphatic carbocycles. The van der Waals surface area contributed by atoms with E-state index in [9.17, 15) is 4.39 Å². The van der Waals surface area contributed by atoms with Gasteiger partial charge in [-0.15, -0.1) is 0 Å². The molecule has 0 amide bonds. The van der Waals surface area contributed by atoms with Crippen molar-refractivity contribution in [1.29, 1.82) is 0 Å². The maximum atomic E-state index is 13.1. The molecule has 0 radical (unpaired) electrons. The Labute approximate surface area is 122 Å². The van der Waals surface area contributed by atoms with E-state index in [4.69, 9.17) is 0 Å². The van der Waals surface area contributed by atoms with Crippen molar-refractivity contribution in [1.82, 2.24) is 10.2 Å². The molecule has 112 valence electrons. The van der Waals surface area contributed by atoms with Crippen LogP contribution in [-0.2, 0) is 0 Å². The summed E-state index contributed by atoms with van der Waals surface area (Å²) in [4.78, 5) is 2.55. The summed E-state index contributed by atoms with van der Waals surface area (Å²) in [5.74, 6) is 0.598. The molecule has 0 bridgehead atoms. The lowest BCUT2D eigenvalue weighted by molar-refractivity contribution is 0.157. The van der Waals surface area contributed by atoms with E-state index in [1.54, 1.807) is 12.1 Å². The highest BCUT2D eigenvalue weighted by Gasteiger charge is 2.22. The van der Waals surface area contributed by atoms with Crippen LogP contribution in [0.25, 0.3) is 0 Å². The Balaban J connectivity index is 2.04. The molecule has 1 aliphatic rings. The van der Waals surface area contributed by atoms with Gasteiger partial charge in [0.1, 0.15) is 5.82 Å². The zero-order valence-corrected chi connectivity index (χ0v) is 12.7. The number of halogens is 1. The van der Waals surface area contributed by atoms with Crippen LogP contribution >= 0.6 is 0 Å². The smallest absolute Gasteiger partial charge is 0.123 e. The molecule has 2 rings (SSSR count). The highest BCUT2D eigenvalue weighted by atomic mass is 19.1. The molecule has 1 aliphatic heterocycles. The van der Waals surface area contributed by atoms with Crippen LogP contribution in [-0.4, -0.2) is 31.1 Å². The standard InChI is InChI=1S/C17H27FN2/c1-3-17(15-7-9-16(18)10-8-15)20(4-2)13-14-6-5-11-19-12-14/h7-10,14,17,19H,3-6,11-13H2,1-2H3. The lowest BCUT2D eigenvalue weighted by atomic mass is 9.96. The molecule has 1 heterocycles. The van der Waals surface area contributed by atoms with Crippen molar-refractivity contribution >= 4 is 0 Å². The molecule has 0 saturated carbocycles. The van der Waals surface area contributed by atoms with Gasteiger partial charge in [-0.2, -0.15) is 0 Å². The number of piperidine rings is 1. The van der Waals surface area contributed by atoms with E-state index in [0.29, 0.717) is 6.04 Å². The first-order chi connectivity index (χ1) is 9.74. The first kappa shape index (κ1) is 15.5. The monoisotopic (exact) mass is 278 g/mol. The third-order valence-corrected chi connectivity index (χ3v) is 4.38. The summed E-state index contributed by atoms with van der Waals surface area (Å²) < 4.78 is 13.1. The van der Waals surface area contributed by atoms with Crippen LogP contribution in [0.4, 0.5) is 4.39 Å². The zero-order valence-electron chi connectivity index (χ0n) is 12.7. The first-order valence-electron chi connectivity index (χ1n) is 7.94. The van der Waals surface area contributed by atoms with Crippen molar-refractivity contribution in [2.24, 2.45) is 5.92 Å². The van der Waals surface area contributed by atoms with Gasteiger partial charge in [0.2, 0.25) is 0 Å². The number of hydrogen-bond donors (Lipinski definition) is 1. The summed E-state index contributed by atoms with van der Waals surface area (Å²) in [6, 6.07) is 7.43. The molecule has 2 atom stereocenters. The first-order valence-corrected chi connectivity index (χ1v) is 7.94. The summed E-state index contributed by atoms with van der Waals surface area (Å²) in [5.41, 5.74) is 1.24. The molecule has 1 fully saturated rings. The summed E-state index contributed by atoms with van der Waals surface area (Å²) in [6.07, 6.45) is 3.68. The van der Waals surface area contributed by atoms with Gasteiger partial charge in [0.25, 0.3) is 0 Å². The molecular formula is C17H27FN2. The third-order valence-electron chi connectivity index (χ3n) is 4.38. The molecule has 1 N–H and O–H groups in total. The molecular weight excluding hydrogens is 251 g/mol. The predicted molar refractivity (Wildman–Crippen MR) is 82.3 cm³/mol. The minimum absolute atomic E-state index is 0.150. The van der Waals surface area contributed by atoms with Gasteiger partial charge in [-0.3, -0.25) is 4.90 Å². The Kier molecular flexibility index (Phi) is 5.99. The number of rotatable bonds is 6. The lowest BCUT2D eigenvalue weighted by Crippen LogP contribution is -2.39. The average Bonchev–Trinajstić information content (AvgIpc) is 2.49. The van der Waals surface area contributed by atoms with Gasteiger partial charge in [0.05, 0.1) is 0 Å². The zero-order chi connectivity index (χ0) is 14.4. The van der Waals surface area contributed by atoms with Crippen molar-refractivity contribution in [2.75, 3.05) is 26.2 Å². The van der Waals surface area contributed by atoms with E-state index in [-0.39, 0.29) is 5.82 Å². The molecule has 1 saturated heterocycles.